The van der Waals surface area contributed by atoms with Gasteiger partial charge in [0.1, 0.15) is 11.6 Å². The third-order valence-electron chi connectivity index (χ3n) is 6.87. The third kappa shape index (κ3) is 4.87. The second-order valence-corrected chi connectivity index (χ2v) is 9.34. The fraction of sp³-hybridized carbons (Fsp3) is 0.161. The van der Waals surface area contributed by atoms with Crippen LogP contribution in [0, 0.1) is 18.6 Å². The molecule has 5 heterocycles. The largest absolute Gasteiger partial charge is 0.481 e. The first-order valence-electron chi connectivity index (χ1n) is 12.8. The van der Waals surface area contributed by atoms with E-state index in [1.165, 1.54) is 6.07 Å². The number of nitrogens with zero attached hydrogens (tertiary/aromatic N) is 4. The van der Waals surface area contributed by atoms with Gasteiger partial charge in [-0.15, -0.1) is 0 Å². The van der Waals surface area contributed by atoms with Crippen molar-refractivity contribution in [2.45, 2.75) is 13.3 Å². The summed E-state index contributed by atoms with van der Waals surface area (Å²) in [6, 6.07) is 13.1. The molecule has 1 aromatic carbocycles. The summed E-state index contributed by atoms with van der Waals surface area (Å²) < 4.78 is 40.4. The van der Waals surface area contributed by atoms with Crippen LogP contribution in [0.4, 0.5) is 20.2 Å². The summed E-state index contributed by atoms with van der Waals surface area (Å²) in [6.45, 7) is 2.97. The highest BCUT2D eigenvalue weighted by atomic mass is 19.1. The predicted octanol–water partition coefficient (Wildman–Crippen LogP) is 6.90. The number of fused-ring (bicyclic) bond motifs is 1. The first kappa shape index (κ1) is 25.5. The fourth-order valence-corrected chi connectivity index (χ4v) is 4.83. The van der Waals surface area contributed by atoms with E-state index in [2.05, 4.69) is 20.3 Å². The number of halogens is 2. The van der Waals surface area contributed by atoms with E-state index in [-0.39, 0.29) is 10.9 Å². The van der Waals surface area contributed by atoms with E-state index in [1.54, 1.807) is 37.8 Å². The lowest BCUT2D eigenvalue weighted by Crippen LogP contribution is -2.07. The number of rotatable bonds is 6. The molecule has 9 heteroatoms. The summed E-state index contributed by atoms with van der Waals surface area (Å²) in [7, 11) is 1.56. The molecule has 1 N–H and O–H groups in total. The van der Waals surface area contributed by atoms with Crippen molar-refractivity contribution in [3.8, 4) is 28.4 Å². The Morgan fingerprint density at radius 1 is 0.975 bits per heavy atom. The van der Waals surface area contributed by atoms with Crippen LogP contribution in [0.3, 0.4) is 0 Å². The highest BCUT2D eigenvalue weighted by molar-refractivity contribution is 5.99. The Morgan fingerprint density at radius 2 is 1.88 bits per heavy atom. The normalized spacial score (nSPS) is 13.2. The molecule has 0 saturated carbocycles. The molecule has 0 spiro atoms. The Labute approximate surface area is 229 Å². The second kappa shape index (κ2) is 10.8. The van der Waals surface area contributed by atoms with Crippen molar-refractivity contribution in [3.63, 3.8) is 0 Å². The fourth-order valence-electron chi connectivity index (χ4n) is 4.83. The summed E-state index contributed by atoms with van der Waals surface area (Å²) in [5, 5.41) is 3.65. The number of nitrogens with one attached hydrogen (secondary N) is 1. The van der Waals surface area contributed by atoms with E-state index in [0.717, 1.165) is 34.9 Å². The van der Waals surface area contributed by atoms with Gasteiger partial charge in [0.25, 0.3) is 0 Å². The van der Waals surface area contributed by atoms with Gasteiger partial charge in [0.15, 0.2) is 0 Å². The Balaban J connectivity index is 1.57. The van der Waals surface area contributed by atoms with Crippen LogP contribution in [0.2, 0.25) is 0 Å². The molecule has 0 radical (unpaired) electrons. The number of aromatic nitrogens is 4. The molecule has 0 saturated heterocycles. The van der Waals surface area contributed by atoms with Crippen molar-refractivity contribution in [2.75, 3.05) is 25.6 Å². The van der Waals surface area contributed by atoms with Gasteiger partial charge in [-0.3, -0.25) is 9.97 Å². The van der Waals surface area contributed by atoms with E-state index < -0.39 is 11.6 Å². The molecule has 200 valence electrons. The van der Waals surface area contributed by atoms with Crippen LogP contribution in [-0.2, 0) is 4.74 Å². The average Bonchev–Trinajstić information content (AvgIpc) is 2.99. The molecule has 1 aliphatic rings. The Hall–Kier alpha value is -4.76. The molecule has 0 unspecified atom stereocenters. The number of ether oxygens (including phenoxy) is 2. The van der Waals surface area contributed by atoms with E-state index >= 15 is 4.39 Å². The maximum atomic E-state index is 15.4. The van der Waals surface area contributed by atoms with Gasteiger partial charge in [0.05, 0.1) is 59.7 Å². The SMILES string of the molecule is COc1ccc(-c2cnc(C3=CCOCC3)cc2Nc2c(C)c(-c3ccccn3)nc3cc(F)cc(F)c23)cn1. The maximum absolute atomic E-state index is 15.4. The molecule has 40 heavy (non-hydrogen) atoms. The highest BCUT2D eigenvalue weighted by Crippen LogP contribution is 2.39. The molecule has 6 rings (SSSR count). The topological polar surface area (TPSA) is 82.0 Å². The molecule has 4 aromatic heterocycles. The number of anilines is 2. The molecule has 0 bridgehead atoms. The summed E-state index contributed by atoms with van der Waals surface area (Å²) in [4.78, 5) is 18.1. The standard InChI is InChI=1S/C31H25F2N5O2/c1-18-30(24-5-3-4-10-34-24)38-27-14-21(32)13-23(33)29(27)31(18)37-26-15-25(19-8-11-40-12-9-19)35-17-22(26)20-6-7-28(39-2)36-16-20/h3-8,10,13-17H,9,11-12H2,1-2H3,(H,35,37,38). The molecule has 0 aliphatic carbocycles. The number of hydrogen-bond donors (Lipinski definition) is 1. The molecule has 0 fully saturated rings. The van der Waals surface area contributed by atoms with Gasteiger partial charge in [0.2, 0.25) is 5.88 Å². The van der Waals surface area contributed by atoms with Gasteiger partial charge < -0.3 is 14.8 Å². The lowest BCUT2D eigenvalue weighted by Gasteiger charge is -2.20. The van der Waals surface area contributed by atoms with Crippen LogP contribution in [0.1, 0.15) is 17.7 Å². The number of benzene rings is 1. The molecule has 7 nitrogen and oxygen atoms in total. The van der Waals surface area contributed by atoms with E-state index in [4.69, 9.17) is 14.5 Å². The molecule has 5 aromatic rings. The van der Waals surface area contributed by atoms with Crippen LogP contribution >= 0.6 is 0 Å². The van der Waals surface area contributed by atoms with Gasteiger partial charge in [-0.25, -0.2) is 18.7 Å². The van der Waals surface area contributed by atoms with Crippen molar-refractivity contribution >= 4 is 27.9 Å². The van der Waals surface area contributed by atoms with Crippen molar-refractivity contribution in [2.24, 2.45) is 0 Å². The summed E-state index contributed by atoms with van der Waals surface area (Å²) in [6.07, 6.45) is 7.86. The number of methoxy groups -OCH3 is 1. The maximum Gasteiger partial charge on any atom is 0.212 e. The minimum absolute atomic E-state index is 0.181. The van der Waals surface area contributed by atoms with Crippen molar-refractivity contribution in [1.29, 1.82) is 0 Å². The van der Waals surface area contributed by atoms with Crippen LogP contribution in [0.15, 0.2) is 73.2 Å². The van der Waals surface area contributed by atoms with Gasteiger partial charge in [0, 0.05) is 53.5 Å². The number of hydrogen-bond acceptors (Lipinski definition) is 7. The third-order valence-corrected chi connectivity index (χ3v) is 6.87. The van der Waals surface area contributed by atoms with E-state index in [0.29, 0.717) is 47.4 Å². The smallest absolute Gasteiger partial charge is 0.212 e. The second-order valence-electron chi connectivity index (χ2n) is 9.34. The first-order chi connectivity index (χ1) is 19.5. The van der Waals surface area contributed by atoms with Crippen LogP contribution in [0.25, 0.3) is 39.0 Å². The predicted molar refractivity (Wildman–Crippen MR) is 150 cm³/mol. The lowest BCUT2D eigenvalue weighted by molar-refractivity contribution is 0.161. The zero-order valence-electron chi connectivity index (χ0n) is 21.9. The summed E-state index contributed by atoms with van der Waals surface area (Å²) in [5.74, 6) is -0.938. The lowest BCUT2D eigenvalue weighted by atomic mass is 10.0. The van der Waals surface area contributed by atoms with Crippen LogP contribution in [-0.4, -0.2) is 40.3 Å². The van der Waals surface area contributed by atoms with Crippen molar-refractivity contribution < 1.29 is 18.3 Å². The minimum atomic E-state index is -0.713. The summed E-state index contributed by atoms with van der Waals surface area (Å²) in [5.41, 5.74) is 6.48. The van der Waals surface area contributed by atoms with Gasteiger partial charge in [-0.1, -0.05) is 12.1 Å². The molecule has 0 amide bonds. The van der Waals surface area contributed by atoms with E-state index in [9.17, 15) is 4.39 Å². The molecule has 0 atom stereocenters. The Morgan fingerprint density at radius 3 is 2.60 bits per heavy atom. The molecular weight excluding hydrogens is 512 g/mol. The summed E-state index contributed by atoms with van der Waals surface area (Å²) >= 11 is 0. The zero-order chi connectivity index (χ0) is 27.6. The molecular formula is C31H25F2N5O2. The van der Waals surface area contributed by atoms with Gasteiger partial charge >= 0.3 is 0 Å². The van der Waals surface area contributed by atoms with E-state index in [1.807, 2.05) is 37.3 Å². The van der Waals surface area contributed by atoms with Gasteiger partial charge in [-0.05, 0) is 43.2 Å². The number of pyridine rings is 4. The minimum Gasteiger partial charge on any atom is -0.481 e. The van der Waals surface area contributed by atoms with Crippen molar-refractivity contribution in [1.82, 2.24) is 19.9 Å². The van der Waals surface area contributed by atoms with Gasteiger partial charge in [-0.2, -0.15) is 0 Å². The Bertz CT molecular complexity index is 1740. The monoisotopic (exact) mass is 537 g/mol. The highest BCUT2D eigenvalue weighted by Gasteiger charge is 2.21. The quantitative estimate of drug-likeness (QED) is 0.252. The Kier molecular flexibility index (Phi) is 6.88. The van der Waals surface area contributed by atoms with Crippen LogP contribution in [0.5, 0.6) is 5.88 Å². The molecule has 1 aliphatic heterocycles. The average molecular weight is 538 g/mol. The zero-order valence-corrected chi connectivity index (χ0v) is 21.9. The van der Waals surface area contributed by atoms with Crippen molar-refractivity contribution in [3.05, 3.63) is 96.1 Å². The first-order valence-corrected chi connectivity index (χ1v) is 12.8. The van der Waals surface area contributed by atoms with Crippen LogP contribution < -0.4 is 10.1 Å².